The van der Waals surface area contributed by atoms with E-state index >= 15 is 0 Å². The molecule has 2 aromatic heterocycles. The van der Waals surface area contributed by atoms with Gasteiger partial charge < -0.3 is 33.3 Å². The molecule has 2 heterocycles. The number of hydrogen-bond donors (Lipinski definition) is 0. The van der Waals surface area contributed by atoms with Gasteiger partial charge in [0.2, 0.25) is 5.52 Å². The Hall–Kier alpha value is -2.12. The van der Waals surface area contributed by atoms with Gasteiger partial charge in [-0.25, -0.2) is 0 Å². The molecule has 138 valence electrons. The van der Waals surface area contributed by atoms with Gasteiger partial charge in [0, 0.05) is 37.5 Å². The molecule has 0 aliphatic carbocycles. The molecule has 4 rings (SSSR count). The summed E-state index contributed by atoms with van der Waals surface area (Å²) in [7, 11) is 6.18. The zero-order chi connectivity index (χ0) is 18.1. The first-order valence-electron chi connectivity index (χ1n) is 8.55. The van der Waals surface area contributed by atoms with E-state index in [0.717, 1.165) is 17.1 Å². The van der Waals surface area contributed by atoms with Crippen molar-refractivity contribution in [2.24, 2.45) is 7.05 Å². The summed E-state index contributed by atoms with van der Waals surface area (Å²) in [5, 5.41) is 1.19. The van der Waals surface area contributed by atoms with Gasteiger partial charge in [-0.15, -0.1) is 0 Å². The number of anilines is 1. The van der Waals surface area contributed by atoms with Crippen molar-refractivity contribution in [1.29, 1.82) is 0 Å². The zero-order valence-electron chi connectivity index (χ0n) is 15.5. The SMILES string of the molecule is CN(C)c1ccc(-c2ccc(/C=C/c3sc4ccccc4[n+]3C)o2)cc1.[I-]. The maximum Gasteiger partial charge on any atom is 0.262 e. The molecule has 0 amide bonds. The molecular formula is C22H21IN2OS. The van der Waals surface area contributed by atoms with Gasteiger partial charge in [-0.2, -0.15) is 4.57 Å². The first kappa shape index (κ1) is 19.6. The van der Waals surface area contributed by atoms with Gasteiger partial charge in [0.25, 0.3) is 5.01 Å². The normalized spacial score (nSPS) is 11.1. The lowest BCUT2D eigenvalue weighted by molar-refractivity contribution is -0.642. The number of benzene rings is 2. The van der Waals surface area contributed by atoms with Crippen LogP contribution in [0.3, 0.4) is 0 Å². The maximum atomic E-state index is 6.00. The average Bonchev–Trinajstić information content (AvgIpc) is 3.25. The number of para-hydroxylation sites is 1. The lowest BCUT2D eigenvalue weighted by Crippen LogP contribution is -3.00. The number of aromatic nitrogens is 1. The van der Waals surface area contributed by atoms with Crippen molar-refractivity contribution in [1.82, 2.24) is 0 Å². The summed E-state index contributed by atoms with van der Waals surface area (Å²) in [6.07, 6.45) is 4.14. The second-order valence-electron chi connectivity index (χ2n) is 6.44. The van der Waals surface area contributed by atoms with E-state index in [1.54, 1.807) is 11.3 Å². The van der Waals surface area contributed by atoms with E-state index < -0.39 is 0 Å². The van der Waals surface area contributed by atoms with Gasteiger partial charge >= 0.3 is 0 Å². The Kier molecular flexibility index (Phi) is 6.01. The molecular weight excluding hydrogens is 467 g/mol. The number of nitrogens with zero attached hydrogens (tertiary/aromatic N) is 2. The van der Waals surface area contributed by atoms with E-state index in [0.29, 0.717) is 0 Å². The quantitative estimate of drug-likeness (QED) is 0.325. The number of aryl methyl sites for hydroxylation is 1. The van der Waals surface area contributed by atoms with Crippen LogP contribution in [0.1, 0.15) is 10.8 Å². The minimum absolute atomic E-state index is 0. The molecule has 0 aliphatic heterocycles. The highest BCUT2D eigenvalue weighted by Crippen LogP contribution is 2.26. The van der Waals surface area contributed by atoms with Gasteiger partial charge in [0.1, 0.15) is 23.3 Å². The van der Waals surface area contributed by atoms with Crippen LogP contribution in [0.4, 0.5) is 5.69 Å². The molecule has 0 atom stereocenters. The third kappa shape index (κ3) is 4.09. The fraction of sp³-hybridized carbons (Fsp3) is 0.136. The van der Waals surface area contributed by atoms with Gasteiger partial charge in [-0.3, -0.25) is 0 Å². The predicted octanol–water partition coefficient (Wildman–Crippen LogP) is 2.23. The Labute approximate surface area is 180 Å². The standard InChI is InChI=1S/C22H21N2OS.HI/c1-23(2)17-10-8-16(9-11-17)20-14-12-18(25-20)13-15-22-24(3)19-6-4-5-7-21(19)26-22;/h4-15H,1-3H3;1H/q+1;/p-1. The third-order valence-electron chi connectivity index (χ3n) is 4.46. The van der Waals surface area contributed by atoms with Gasteiger partial charge in [-0.1, -0.05) is 23.5 Å². The fourth-order valence-corrected chi connectivity index (χ4v) is 3.99. The van der Waals surface area contributed by atoms with Crippen LogP contribution in [-0.2, 0) is 7.05 Å². The van der Waals surface area contributed by atoms with Crippen molar-refractivity contribution in [2.45, 2.75) is 0 Å². The Balaban J connectivity index is 0.00000210. The highest BCUT2D eigenvalue weighted by atomic mass is 127. The second-order valence-corrected chi connectivity index (χ2v) is 7.51. The minimum Gasteiger partial charge on any atom is -1.00 e. The topological polar surface area (TPSA) is 20.3 Å². The smallest absolute Gasteiger partial charge is 0.262 e. The van der Waals surface area contributed by atoms with Crippen LogP contribution in [0.25, 0.3) is 33.7 Å². The maximum absolute atomic E-state index is 6.00. The monoisotopic (exact) mass is 488 g/mol. The molecule has 0 saturated heterocycles. The molecule has 0 spiro atoms. The predicted molar refractivity (Wildman–Crippen MR) is 110 cm³/mol. The molecule has 2 aromatic carbocycles. The molecule has 0 radical (unpaired) electrons. The zero-order valence-corrected chi connectivity index (χ0v) is 18.5. The van der Waals surface area contributed by atoms with E-state index in [-0.39, 0.29) is 24.0 Å². The lowest BCUT2D eigenvalue weighted by atomic mass is 10.1. The van der Waals surface area contributed by atoms with E-state index in [9.17, 15) is 0 Å². The van der Waals surface area contributed by atoms with Crippen molar-refractivity contribution < 1.29 is 33.0 Å². The lowest BCUT2D eigenvalue weighted by Gasteiger charge is -2.12. The van der Waals surface area contributed by atoms with E-state index in [1.165, 1.54) is 20.9 Å². The Morgan fingerprint density at radius 1 is 0.926 bits per heavy atom. The summed E-state index contributed by atoms with van der Waals surface area (Å²) in [5.74, 6) is 1.74. The molecule has 4 aromatic rings. The highest BCUT2D eigenvalue weighted by molar-refractivity contribution is 7.18. The van der Waals surface area contributed by atoms with E-state index in [2.05, 4.69) is 71.1 Å². The van der Waals surface area contributed by atoms with Crippen molar-refractivity contribution in [3.8, 4) is 11.3 Å². The molecule has 3 nitrogen and oxygen atoms in total. The van der Waals surface area contributed by atoms with Gasteiger partial charge in [-0.05, 0) is 48.5 Å². The molecule has 0 unspecified atom stereocenters. The molecule has 0 bridgehead atoms. The number of hydrogen-bond acceptors (Lipinski definition) is 3. The minimum atomic E-state index is 0. The first-order chi connectivity index (χ1) is 12.6. The van der Waals surface area contributed by atoms with Crippen molar-refractivity contribution >= 4 is 39.4 Å². The van der Waals surface area contributed by atoms with Gasteiger partial charge in [0.05, 0.1) is 0 Å². The van der Waals surface area contributed by atoms with Crippen molar-refractivity contribution in [2.75, 3.05) is 19.0 Å². The average molecular weight is 488 g/mol. The number of halogens is 1. The Bertz CT molecular complexity index is 1080. The van der Waals surface area contributed by atoms with Crippen LogP contribution in [0.15, 0.2) is 65.1 Å². The summed E-state index contributed by atoms with van der Waals surface area (Å²) >= 11 is 1.78. The van der Waals surface area contributed by atoms with Crippen LogP contribution < -0.4 is 33.4 Å². The molecule has 0 fully saturated rings. The Morgan fingerprint density at radius 3 is 2.37 bits per heavy atom. The summed E-state index contributed by atoms with van der Waals surface area (Å²) in [6, 6.07) is 20.9. The molecule has 27 heavy (non-hydrogen) atoms. The van der Waals surface area contributed by atoms with Crippen LogP contribution in [0, 0.1) is 0 Å². The fourth-order valence-electron chi connectivity index (χ4n) is 2.94. The summed E-state index contributed by atoms with van der Waals surface area (Å²) in [5.41, 5.74) is 3.51. The summed E-state index contributed by atoms with van der Waals surface area (Å²) in [6.45, 7) is 0. The van der Waals surface area contributed by atoms with Crippen LogP contribution >= 0.6 is 11.3 Å². The number of furan rings is 1. The molecule has 0 saturated carbocycles. The van der Waals surface area contributed by atoms with E-state index in [4.69, 9.17) is 4.42 Å². The second kappa shape index (κ2) is 8.27. The molecule has 0 aliphatic rings. The van der Waals surface area contributed by atoms with Crippen molar-refractivity contribution in [3.63, 3.8) is 0 Å². The first-order valence-corrected chi connectivity index (χ1v) is 9.37. The summed E-state index contributed by atoms with van der Waals surface area (Å²) < 4.78 is 9.50. The van der Waals surface area contributed by atoms with Gasteiger partial charge in [0.15, 0.2) is 0 Å². The molecule has 0 N–H and O–H groups in total. The van der Waals surface area contributed by atoms with Crippen molar-refractivity contribution in [3.05, 3.63) is 71.4 Å². The molecule has 5 heteroatoms. The number of fused-ring (bicyclic) bond motifs is 1. The van der Waals surface area contributed by atoms with Crippen LogP contribution in [-0.4, -0.2) is 14.1 Å². The number of rotatable bonds is 4. The third-order valence-corrected chi connectivity index (χ3v) is 5.64. The highest BCUT2D eigenvalue weighted by Gasteiger charge is 2.13. The number of thiazole rings is 1. The van der Waals surface area contributed by atoms with Crippen LogP contribution in [0.2, 0.25) is 0 Å². The Morgan fingerprint density at radius 2 is 1.67 bits per heavy atom. The largest absolute Gasteiger partial charge is 1.00 e. The summed E-state index contributed by atoms with van der Waals surface area (Å²) in [4.78, 5) is 2.09. The van der Waals surface area contributed by atoms with E-state index in [1.807, 2.05) is 32.3 Å². The van der Waals surface area contributed by atoms with Crippen LogP contribution in [0.5, 0.6) is 0 Å².